The molecule has 1 aromatic rings. The molecule has 0 bridgehead atoms. The van der Waals surface area contributed by atoms with Crippen molar-refractivity contribution in [2.45, 2.75) is 76.3 Å². The minimum absolute atomic E-state index is 0.581. The van der Waals surface area contributed by atoms with Gasteiger partial charge >= 0.3 is 0 Å². The third-order valence-corrected chi connectivity index (χ3v) is 5.07. The lowest BCUT2D eigenvalue weighted by Gasteiger charge is -2.23. The molecule has 0 saturated heterocycles. The van der Waals surface area contributed by atoms with Crippen LogP contribution in [0.5, 0.6) is 0 Å². The first-order valence-electron chi connectivity index (χ1n) is 8.70. The molecule has 3 aliphatic carbocycles. The van der Waals surface area contributed by atoms with E-state index < -0.39 is 0 Å². The SMILES string of the molecule is CC1CC1c1nc(NC2CCCCC2)cc(NC2CC2)n1. The molecule has 3 aliphatic rings. The van der Waals surface area contributed by atoms with Crippen LogP contribution in [0, 0.1) is 5.92 Å². The number of nitrogens with zero attached hydrogens (tertiary/aromatic N) is 2. The van der Waals surface area contributed by atoms with Crippen LogP contribution in [0.25, 0.3) is 0 Å². The van der Waals surface area contributed by atoms with Gasteiger partial charge in [0.1, 0.15) is 17.5 Å². The molecule has 1 aromatic heterocycles. The number of anilines is 2. The lowest BCUT2D eigenvalue weighted by atomic mass is 9.95. The average molecular weight is 286 g/mol. The Balaban J connectivity index is 1.52. The van der Waals surface area contributed by atoms with E-state index in [2.05, 4.69) is 23.6 Å². The minimum atomic E-state index is 0.581. The highest BCUT2D eigenvalue weighted by atomic mass is 15.1. The number of nitrogens with one attached hydrogen (secondary N) is 2. The third kappa shape index (κ3) is 3.30. The zero-order valence-electron chi connectivity index (χ0n) is 12.9. The molecule has 2 unspecified atom stereocenters. The highest BCUT2D eigenvalue weighted by Crippen LogP contribution is 2.46. The van der Waals surface area contributed by atoms with Gasteiger partial charge in [0, 0.05) is 24.1 Å². The summed E-state index contributed by atoms with van der Waals surface area (Å²) in [6, 6.07) is 3.36. The number of aromatic nitrogens is 2. The van der Waals surface area contributed by atoms with Gasteiger partial charge in [-0.05, 0) is 38.0 Å². The van der Waals surface area contributed by atoms with E-state index in [1.54, 1.807) is 0 Å². The van der Waals surface area contributed by atoms with Gasteiger partial charge in [-0.2, -0.15) is 0 Å². The molecule has 0 aliphatic heterocycles. The predicted molar refractivity (Wildman–Crippen MR) is 85.7 cm³/mol. The molecule has 3 fully saturated rings. The number of hydrogen-bond donors (Lipinski definition) is 2. The summed E-state index contributed by atoms with van der Waals surface area (Å²) < 4.78 is 0. The highest BCUT2D eigenvalue weighted by Gasteiger charge is 2.37. The summed E-state index contributed by atoms with van der Waals surface area (Å²) >= 11 is 0. The van der Waals surface area contributed by atoms with Crippen LogP contribution in [0.15, 0.2) is 6.07 Å². The summed E-state index contributed by atoms with van der Waals surface area (Å²) in [4.78, 5) is 9.56. The second kappa shape index (κ2) is 5.47. The summed E-state index contributed by atoms with van der Waals surface area (Å²) in [5.74, 6) is 4.45. The van der Waals surface area contributed by atoms with Crippen LogP contribution < -0.4 is 10.6 Å². The van der Waals surface area contributed by atoms with E-state index in [0.29, 0.717) is 18.0 Å². The lowest BCUT2D eigenvalue weighted by molar-refractivity contribution is 0.461. The molecule has 1 heterocycles. The Labute approximate surface area is 127 Å². The fourth-order valence-electron chi connectivity index (χ4n) is 3.35. The molecule has 0 aromatic carbocycles. The van der Waals surface area contributed by atoms with E-state index in [-0.39, 0.29) is 0 Å². The van der Waals surface area contributed by atoms with Crippen molar-refractivity contribution in [2.75, 3.05) is 10.6 Å². The molecule has 21 heavy (non-hydrogen) atoms. The Kier molecular flexibility index (Phi) is 3.48. The van der Waals surface area contributed by atoms with Crippen molar-refractivity contribution in [1.82, 2.24) is 9.97 Å². The van der Waals surface area contributed by atoms with Crippen molar-refractivity contribution in [3.63, 3.8) is 0 Å². The Bertz CT molecular complexity index is 506. The quantitative estimate of drug-likeness (QED) is 0.861. The van der Waals surface area contributed by atoms with E-state index in [4.69, 9.17) is 9.97 Å². The van der Waals surface area contributed by atoms with Crippen molar-refractivity contribution >= 4 is 11.6 Å². The normalized spacial score (nSPS) is 29.2. The maximum Gasteiger partial charge on any atom is 0.136 e. The molecule has 114 valence electrons. The fraction of sp³-hybridized carbons (Fsp3) is 0.765. The second-order valence-electron chi connectivity index (χ2n) is 7.21. The molecule has 0 amide bonds. The molecule has 3 saturated carbocycles. The summed E-state index contributed by atoms with van der Waals surface area (Å²) in [7, 11) is 0. The van der Waals surface area contributed by atoms with E-state index in [1.807, 2.05) is 0 Å². The third-order valence-electron chi connectivity index (χ3n) is 5.07. The fourth-order valence-corrected chi connectivity index (χ4v) is 3.35. The zero-order valence-corrected chi connectivity index (χ0v) is 12.9. The first-order valence-corrected chi connectivity index (χ1v) is 8.70. The van der Waals surface area contributed by atoms with Crippen LogP contribution in [0.3, 0.4) is 0 Å². The van der Waals surface area contributed by atoms with E-state index >= 15 is 0 Å². The lowest BCUT2D eigenvalue weighted by Crippen LogP contribution is -2.23. The van der Waals surface area contributed by atoms with Crippen LogP contribution in [0.2, 0.25) is 0 Å². The summed E-state index contributed by atoms with van der Waals surface area (Å²) in [6.07, 6.45) is 10.5. The molecule has 4 rings (SSSR count). The van der Waals surface area contributed by atoms with Gasteiger partial charge in [0.2, 0.25) is 0 Å². The van der Waals surface area contributed by atoms with Crippen LogP contribution in [0.1, 0.15) is 70.0 Å². The predicted octanol–water partition coefficient (Wildman–Crippen LogP) is 3.92. The average Bonchev–Trinajstić information content (AvgIpc) is 3.38. The van der Waals surface area contributed by atoms with Crippen molar-refractivity contribution in [3.8, 4) is 0 Å². The van der Waals surface area contributed by atoms with Crippen LogP contribution in [-0.2, 0) is 0 Å². The van der Waals surface area contributed by atoms with Gasteiger partial charge in [-0.25, -0.2) is 9.97 Å². The zero-order chi connectivity index (χ0) is 14.2. The van der Waals surface area contributed by atoms with Crippen molar-refractivity contribution < 1.29 is 0 Å². The van der Waals surface area contributed by atoms with Gasteiger partial charge in [-0.15, -0.1) is 0 Å². The van der Waals surface area contributed by atoms with E-state index in [9.17, 15) is 0 Å². The first kappa shape index (κ1) is 13.4. The largest absolute Gasteiger partial charge is 0.367 e. The maximum atomic E-state index is 4.81. The summed E-state index contributed by atoms with van der Waals surface area (Å²) in [6.45, 7) is 2.29. The Hall–Kier alpha value is -1.32. The van der Waals surface area contributed by atoms with Crippen molar-refractivity contribution in [3.05, 3.63) is 11.9 Å². The molecular weight excluding hydrogens is 260 g/mol. The standard InChI is InChI=1S/C17H26N4/c1-11-9-14(11)17-20-15(18-12-5-3-2-4-6-12)10-16(21-17)19-13-7-8-13/h10-14H,2-9H2,1H3,(H2,18,19,20,21). The number of rotatable bonds is 5. The molecule has 2 N–H and O–H groups in total. The smallest absolute Gasteiger partial charge is 0.136 e. The topological polar surface area (TPSA) is 49.8 Å². The van der Waals surface area contributed by atoms with E-state index in [0.717, 1.165) is 23.4 Å². The Morgan fingerprint density at radius 1 is 0.905 bits per heavy atom. The molecular formula is C17H26N4. The van der Waals surface area contributed by atoms with Crippen molar-refractivity contribution in [2.24, 2.45) is 5.92 Å². The van der Waals surface area contributed by atoms with Crippen LogP contribution in [0.4, 0.5) is 11.6 Å². The minimum Gasteiger partial charge on any atom is -0.367 e. The molecule has 0 spiro atoms. The summed E-state index contributed by atoms with van der Waals surface area (Å²) in [5.41, 5.74) is 0. The Morgan fingerprint density at radius 2 is 1.48 bits per heavy atom. The van der Waals surface area contributed by atoms with Gasteiger partial charge in [-0.3, -0.25) is 0 Å². The maximum absolute atomic E-state index is 4.81. The van der Waals surface area contributed by atoms with Crippen molar-refractivity contribution in [1.29, 1.82) is 0 Å². The van der Waals surface area contributed by atoms with Crippen LogP contribution >= 0.6 is 0 Å². The monoisotopic (exact) mass is 286 g/mol. The van der Waals surface area contributed by atoms with Gasteiger partial charge in [0.25, 0.3) is 0 Å². The molecule has 4 heteroatoms. The molecule has 2 atom stereocenters. The highest BCUT2D eigenvalue weighted by molar-refractivity contribution is 5.50. The van der Waals surface area contributed by atoms with Gasteiger partial charge in [0.05, 0.1) is 0 Å². The second-order valence-corrected chi connectivity index (χ2v) is 7.21. The Morgan fingerprint density at radius 3 is 2.00 bits per heavy atom. The van der Waals surface area contributed by atoms with Gasteiger partial charge in [0.15, 0.2) is 0 Å². The molecule has 0 radical (unpaired) electrons. The molecule has 4 nitrogen and oxygen atoms in total. The summed E-state index contributed by atoms with van der Waals surface area (Å²) in [5, 5.41) is 7.20. The first-order chi connectivity index (χ1) is 10.3. The van der Waals surface area contributed by atoms with Gasteiger partial charge < -0.3 is 10.6 Å². The van der Waals surface area contributed by atoms with Crippen LogP contribution in [-0.4, -0.2) is 22.1 Å². The van der Waals surface area contributed by atoms with E-state index in [1.165, 1.54) is 51.4 Å². The number of hydrogen-bond acceptors (Lipinski definition) is 4. The van der Waals surface area contributed by atoms with Gasteiger partial charge in [-0.1, -0.05) is 26.2 Å².